The van der Waals surface area contributed by atoms with E-state index >= 15 is 0 Å². The van der Waals surface area contributed by atoms with Gasteiger partial charge in [-0.3, -0.25) is 9.59 Å². The molecule has 5 N–H and O–H groups in total. The number of hydrogen-bond acceptors (Lipinski definition) is 10. The first-order chi connectivity index (χ1) is 20.4. The molecule has 0 bridgehead atoms. The van der Waals surface area contributed by atoms with Gasteiger partial charge >= 0.3 is 6.09 Å². The fourth-order valence-corrected chi connectivity index (χ4v) is 4.52. The molecule has 0 fully saturated rings. The van der Waals surface area contributed by atoms with Gasteiger partial charge in [0.15, 0.2) is 11.4 Å². The minimum absolute atomic E-state index is 0.00235. The number of rotatable bonds is 11. The highest BCUT2D eigenvalue weighted by atomic mass is 32.2. The number of aromatic hydroxyl groups is 1. The Morgan fingerprint density at radius 2 is 1.45 bits per heavy atom. The summed E-state index contributed by atoms with van der Waals surface area (Å²) in [6.45, 7) is 5.83. The Morgan fingerprint density at radius 3 is 2.00 bits per heavy atom. The van der Waals surface area contributed by atoms with Crippen LogP contribution >= 0.6 is 0 Å². The first-order valence-electron chi connectivity index (χ1n) is 13.3. The Bertz CT molecular complexity index is 1720. The first-order valence-corrected chi connectivity index (χ1v) is 17.0. The molecule has 0 radical (unpaired) electrons. The number of amides is 2. The lowest BCUT2D eigenvalue weighted by Gasteiger charge is -2.19. The zero-order chi connectivity index (χ0) is 33.1. The summed E-state index contributed by atoms with van der Waals surface area (Å²) in [5, 5.41) is 16.1. The van der Waals surface area contributed by atoms with Crippen molar-refractivity contribution >= 4 is 42.9 Å². The molecular formula is C27H38N6O9S2. The minimum Gasteiger partial charge on any atom is -0.504 e. The summed E-state index contributed by atoms with van der Waals surface area (Å²) in [4.78, 5) is 39.9. The predicted molar refractivity (Wildman–Crippen MR) is 165 cm³/mol. The minimum atomic E-state index is -3.37. The van der Waals surface area contributed by atoms with E-state index in [0.29, 0.717) is 5.39 Å². The summed E-state index contributed by atoms with van der Waals surface area (Å²) in [7, 11) is -6.57. The van der Waals surface area contributed by atoms with Crippen molar-refractivity contribution in [1.29, 1.82) is 0 Å². The largest absolute Gasteiger partial charge is 0.504 e. The summed E-state index contributed by atoms with van der Waals surface area (Å²) >= 11 is 0. The zero-order valence-electron chi connectivity index (χ0n) is 25.1. The van der Waals surface area contributed by atoms with E-state index in [4.69, 9.17) is 4.74 Å². The van der Waals surface area contributed by atoms with Crippen molar-refractivity contribution in [2.45, 2.75) is 32.9 Å². The number of aromatic nitrogens is 2. The van der Waals surface area contributed by atoms with Crippen LogP contribution in [0.5, 0.6) is 5.75 Å². The molecule has 0 saturated heterocycles. The van der Waals surface area contributed by atoms with Crippen LogP contribution in [-0.2, 0) is 31.3 Å². The molecule has 242 valence electrons. The molecule has 0 aliphatic heterocycles. The summed E-state index contributed by atoms with van der Waals surface area (Å²) in [5.74, 6) is -1.09. The molecule has 0 aliphatic rings. The Kier molecular flexibility index (Phi) is 12.8. The second kappa shape index (κ2) is 15.6. The fraction of sp³-hybridized carbons (Fsp3) is 0.407. The van der Waals surface area contributed by atoms with E-state index in [9.17, 15) is 36.3 Å². The number of sulfonamides is 2. The smallest absolute Gasteiger partial charge is 0.407 e. The maximum absolute atomic E-state index is 12.4. The quantitative estimate of drug-likeness (QED) is 0.180. The molecule has 0 atom stereocenters. The van der Waals surface area contributed by atoms with Gasteiger partial charge in [-0.1, -0.05) is 30.3 Å². The standard InChI is InChI=1S/C19H20N4O5S.C8H18N2O4S/c1-29(27,28)22-10-9-20-19(26)16-18(25)17-14(11-21-16)7-8-15(24)23(17)12-13-5-3-2-4-6-13;1-8(2,3)14-7(11)9-5-6-10-15(4,12)13/h2-8,11,22,25H,9-10,12H2,1H3,(H,20,26);10H,5-6H2,1-4H3,(H,9,11). The van der Waals surface area contributed by atoms with E-state index in [2.05, 4.69) is 25.1 Å². The summed E-state index contributed by atoms with van der Waals surface area (Å²) in [6.07, 6.45) is 2.91. The zero-order valence-corrected chi connectivity index (χ0v) is 26.7. The van der Waals surface area contributed by atoms with Crippen molar-refractivity contribution in [3.8, 4) is 5.75 Å². The third kappa shape index (κ3) is 13.1. The molecule has 1 aromatic carbocycles. The van der Waals surface area contributed by atoms with E-state index in [1.54, 1.807) is 20.8 Å². The second-order valence-electron chi connectivity index (χ2n) is 10.5. The van der Waals surface area contributed by atoms with E-state index < -0.39 is 43.4 Å². The number of pyridine rings is 2. The highest BCUT2D eigenvalue weighted by Crippen LogP contribution is 2.26. The van der Waals surface area contributed by atoms with E-state index in [0.717, 1.165) is 18.1 Å². The Hall–Kier alpha value is -4.06. The lowest BCUT2D eigenvalue weighted by atomic mass is 10.1. The van der Waals surface area contributed by atoms with Crippen molar-refractivity contribution in [2.24, 2.45) is 0 Å². The number of nitrogens with zero attached hydrogens (tertiary/aromatic N) is 2. The molecule has 0 aliphatic carbocycles. The van der Waals surface area contributed by atoms with Crippen LogP contribution in [0.3, 0.4) is 0 Å². The fourth-order valence-electron chi connectivity index (χ4n) is 3.57. The molecule has 2 heterocycles. The monoisotopic (exact) mass is 654 g/mol. The lowest BCUT2D eigenvalue weighted by molar-refractivity contribution is 0.0528. The molecule has 0 saturated carbocycles. The van der Waals surface area contributed by atoms with Crippen molar-refractivity contribution in [3.05, 3.63) is 70.3 Å². The molecule has 3 rings (SSSR count). The van der Waals surface area contributed by atoms with Gasteiger partial charge in [-0.05, 0) is 32.4 Å². The lowest BCUT2D eigenvalue weighted by Crippen LogP contribution is -2.37. The number of hydrogen-bond donors (Lipinski definition) is 5. The maximum Gasteiger partial charge on any atom is 0.407 e. The average Bonchev–Trinajstić information content (AvgIpc) is 2.90. The number of carbonyl (C=O) groups excluding carboxylic acids is 2. The summed E-state index contributed by atoms with van der Waals surface area (Å²) < 4.78 is 54.2. The number of alkyl carbamates (subject to hydrolysis) is 1. The number of nitrogens with one attached hydrogen (secondary N) is 4. The molecule has 3 aromatic rings. The van der Waals surface area contributed by atoms with Crippen LogP contribution in [0.15, 0.2) is 53.5 Å². The molecule has 2 amide bonds. The van der Waals surface area contributed by atoms with Gasteiger partial charge in [0, 0.05) is 43.8 Å². The van der Waals surface area contributed by atoms with Gasteiger partial charge in [0.05, 0.1) is 24.6 Å². The van der Waals surface area contributed by atoms with Gasteiger partial charge in [-0.25, -0.2) is 36.1 Å². The number of ether oxygens (including phenoxy) is 1. The highest BCUT2D eigenvalue weighted by Gasteiger charge is 2.19. The maximum atomic E-state index is 12.4. The Morgan fingerprint density at radius 1 is 0.886 bits per heavy atom. The topological polar surface area (TPSA) is 215 Å². The number of carbonyl (C=O) groups is 2. The molecular weight excluding hydrogens is 616 g/mol. The number of benzene rings is 1. The predicted octanol–water partition coefficient (Wildman–Crippen LogP) is 0.490. The third-order valence-corrected chi connectivity index (χ3v) is 6.78. The van der Waals surface area contributed by atoms with Gasteiger partial charge in [-0.15, -0.1) is 0 Å². The highest BCUT2D eigenvalue weighted by molar-refractivity contribution is 7.89. The third-order valence-electron chi connectivity index (χ3n) is 5.33. The SMILES string of the molecule is CC(C)(C)OC(=O)NCCNS(C)(=O)=O.CS(=O)(=O)NCCNC(=O)c1ncc2ccc(=O)n(Cc3ccccc3)c2c1O. The van der Waals surface area contributed by atoms with Crippen molar-refractivity contribution in [1.82, 2.24) is 29.6 Å². The van der Waals surface area contributed by atoms with Crippen LogP contribution in [0.4, 0.5) is 4.79 Å². The van der Waals surface area contributed by atoms with Crippen molar-refractivity contribution in [2.75, 3.05) is 38.7 Å². The van der Waals surface area contributed by atoms with Gasteiger partial charge in [0.2, 0.25) is 20.0 Å². The summed E-state index contributed by atoms with van der Waals surface area (Å²) in [6, 6.07) is 12.2. The van der Waals surface area contributed by atoms with Gasteiger partial charge in [0.25, 0.3) is 11.5 Å². The summed E-state index contributed by atoms with van der Waals surface area (Å²) in [5.41, 5.74) is -0.0586. The normalized spacial score (nSPS) is 11.8. The van der Waals surface area contributed by atoms with Crippen molar-refractivity contribution < 1.29 is 36.3 Å². The molecule has 0 spiro atoms. The molecule has 2 aromatic heterocycles. The van der Waals surface area contributed by atoms with Crippen LogP contribution in [-0.4, -0.2) is 87.8 Å². The number of fused-ring (bicyclic) bond motifs is 1. The van der Waals surface area contributed by atoms with E-state index in [1.807, 2.05) is 30.3 Å². The Labute approximate surface area is 256 Å². The van der Waals surface area contributed by atoms with E-state index in [1.165, 1.54) is 22.9 Å². The van der Waals surface area contributed by atoms with Crippen molar-refractivity contribution in [3.63, 3.8) is 0 Å². The van der Waals surface area contributed by atoms with Gasteiger partial charge < -0.3 is 25.0 Å². The van der Waals surface area contributed by atoms with Crippen LogP contribution in [0, 0.1) is 0 Å². The van der Waals surface area contributed by atoms with Crippen LogP contribution in [0.2, 0.25) is 0 Å². The first kappa shape index (κ1) is 36.1. The molecule has 17 heteroatoms. The molecule has 15 nitrogen and oxygen atoms in total. The van der Waals surface area contributed by atoms with Gasteiger partial charge in [-0.2, -0.15) is 0 Å². The molecule has 44 heavy (non-hydrogen) atoms. The molecule has 0 unspecified atom stereocenters. The van der Waals surface area contributed by atoms with Crippen LogP contribution in [0.25, 0.3) is 10.9 Å². The van der Waals surface area contributed by atoms with E-state index in [-0.39, 0.29) is 49.5 Å². The second-order valence-corrected chi connectivity index (χ2v) is 14.2. The average molecular weight is 655 g/mol. The van der Waals surface area contributed by atoms with Gasteiger partial charge in [0.1, 0.15) is 5.60 Å². The van der Waals surface area contributed by atoms with Crippen LogP contribution < -0.4 is 25.6 Å². The Balaban J connectivity index is 0.000000382. The van der Waals surface area contributed by atoms with Crippen LogP contribution in [0.1, 0.15) is 36.8 Å².